The van der Waals surface area contributed by atoms with E-state index >= 15 is 0 Å². The van der Waals surface area contributed by atoms with Gasteiger partial charge in [-0.05, 0) is 26.7 Å². The van der Waals surface area contributed by atoms with Crippen LogP contribution < -0.4 is 0 Å². The van der Waals surface area contributed by atoms with Gasteiger partial charge in [0.1, 0.15) is 0 Å². The van der Waals surface area contributed by atoms with Crippen LogP contribution in [0, 0.1) is 0 Å². The predicted octanol–water partition coefficient (Wildman–Crippen LogP) is 11.9. The Kier molecular flexibility index (Phi) is 37.9. The molecule has 0 spiro atoms. The quantitative estimate of drug-likeness (QED) is 0.0758. The molecule has 0 aromatic carbocycles. The van der Waals surface area contributed by atoms with Crippen LogP contribution in [0.4, 0.5) is 0 Å². The SMILES string of the molecule is CCCCCCCCCCCCCC(=O)OC(C)C.CCCCCCCCCCCCCCCCCCO. The highest BCUT2D eigenvalue weighted by atomic mass is 16.5. The van der Waals surface area contributed by atoms with Crippen molar-refractivity contribution in [1.29, 1.82) is 0 Å². The molecule has 0 amide bonds. The van der Waals surface area contributed by atoms with Crippen molar-refractivity contribution in [2.75, 3.05) is 6.61 Å². The fourth-order valence-corrected chi connectivity index (χ4v) is 4.92. The first-order chi connectivity index (χ1) is 18.6. The zero-order valence-corrected chi connectivity index (χ0v) is 26.8. The molecule has 230 valence electrons. The summed E-state index contributed by atoms with van der Waals surface area (Å²) in [6.45, 7) is 8.72. The zero-order chi connectivity index (χ0) is 28.4. The van der Waals surface area contributed by atoms with Crippen molar-refractivity contribution in [2.45, 2.75) is 214 Å². The minimum absolute atomic E-state index is 0.0280. The van der Waals surface area contributed by atoms with Crippen LogP contribution in [0.2, 0.25) is 0 Å². The van der Waals surface area contributed by atoms with Crippen LogP contribution in [0.1, 0.15) is 207 Å². The molecule has 1 N–H and O–H groups in total. The molecule has 0 unspecified atom stereocenters. The molecule has 0 aliphatic heterocycles. The molecule has 0 fully saturated rings. The molecule has 0 aliphatic carbocycles. The first-order valence-corrected chi connectivity index (χ1v) is 17.4. The standard InChI is InChI=1S/C18H38O.C17H34O2/c1-2-3-4-5-6-7-8-9-10-11-12-13-14-15-16-17-18-19;1-4-5-6-7-8-9-10-11-12-13-14-15-17(18)19-16(2)3/h19H,2-18H2,1H3;16H,4-15H2,1-3H3. The number of ether oxygens (including phenoxy) is 1. The lowest BCUT2D eigenvalue weighted by atomic mass is 10.0. The Morgan fingerprint density at radius 1 is 0.474 bits per heavy atom. The van der Waals surface area contributed by atoms with Gasteiger partial charge in [0.05, 0.1) is 6.10 Å². The summed E-state index contributed by atoms with van der Waals surface area (Å²) in [4.78, 5) is 11.3. The number of carbonyl (C=O) groups excluding carboxylic acids is 1. The van der Waals surface area contributed by atoms with Gasteiger partial charge in [0.15, 0.2) is 0 Å². The van der Waals surface area contributed by atoms with Gasteiger partial charge in [-0.25, -0.2) is 0 Å². The van der Waals surface area contributed by atoms with Crippen LogP contribution in [0.15, 0.2) is 0 Å². The summed E-state index contributed by atoms with van der Waals surface area (Å²) in [5.41, 5.74) is 0. The number of hydrogen-bond acceptors (Lipinski definition) is 3. The second kappa shape index (κ2) is 36.4. The fourth-order valence-electron chi connectivity index (χ4n) is 4.92. The minimum Gasteiger partial charge on any atom is -0.463 e. The number of aliphatic hydroxyl groups is 1. The van der Waals surface area contributed by atoms with Gasteiger partial charge in [0, 0.05) is 13.0 Å². The predicted molar refractivity (Wildman–Crippen MR) is 169 cm³/mol. The van der Waals surface area contributed by atoms with E-state index in [0.29, 0.717) is 13.0 Å². The van der Waals surface area contributed by atoms with E-state index < -0.39 is 0 Å². The lowest BCUT2D eigenvalue weighted by Gasteiger charge is -2.07. The Morgan fingerprint density at radius 3 is 1.00 bits per heavy atom. The highest BCUT2D eigenvalue weighted by Gasteiger charge is 2.04. The molecule has 0 aromatic rings. The van der Waals surface area contributed by atoms with Gasteiger partial charge in [-0.15, -0.1) is 0 Å². The van der Waals surface area contributed by atoms with Crippen LogP contribution in [-0.4, -0.2) is 23.8 Å². The van der Waals surface area contributed by atoms with Gasteiger partial charge in [0.2, 0.25) is 0 Å². The van der Waals surface area contributed by atoms with Crippen molar-refractivity contribution in [3.8, 4) is 0 Å². The first-order valence-electron chi connectivity index (χ1n) is 17.4. The molecule has 3 nitrogen and oxygen atoms in total. The van der Waals surface area contributed by atoms with Gasteiger partial charge < -0.3 is 9.84 Å². The van der Waals surface area contributed by atoms with Gasteiger partial charge in [0.25, 0.3) is 0 Å². The number of aliphatic hydroxyl groups excluding tert-OH is 1. The maximum absolute atomic E-state index is 11.3. The lowest BCUT2D eigenvalue weighted by Crippen LogP contribution is -2.10. The van der Waals surface area contributed by atoms with Crippen LogP contribution in [0.25, 0.3) is 0 Å². The number of hydrogen-bond donors (Lipinski definition) is 1. The van der Waals surface area contributed by atoms with Crippen molar-refractivity contribution in [2.24, 2.45) is 0 Å². The van der Waals surface area contributed by atoms with Gasteiger partial charge in [-0.2, -0.15) is 0 Å². The smallest absolute Gasteiger partial charge is 0.306 e. The Labute approximate surface area is 240 Å². The third kappa shape index (κ3) is 39.9. The largest absolute Gasteiger partial charge is 0.463 e. The van der Waals surface area contributed by atoms with E-state index in [1.165, 1.54) is 161 Å². The van der Waals surface area contributed by atoms with Crippen molar-refractivity contribution >= 4 is 5.97 Å². The van der Waals surface area contributed by atoms with Gasteiger partial charge >= 0.3 is 5.97 Å². The molecule has 3 heteroatoms. The molecule has 38 heavy (non-hydrogen) atoms. The second-order valence-electron chi connectivity index (χ2n) is 11.9. The van der Waals surface area contributed by atoms with Gasteiger partial charge in [-0.3, -0.25) is 4.79 Å². The van der Waals surface area contributed by atoms with E-state index in [2.05, 4.69) is 13.8 Å². The number of rotatable bonds is 29. The van der Waals surface area contributed by atoms with Crippen LogP contribution in [-0.2, 0) is 9.53 Å². The summed E-state index contributed by atoms with van der Waals surface area (Å²) in [6.07, 6.45) is 37.3. The second-order valence-corrected chi connectivity index (χ2v) is 11.9. The summed E-state index contributed by atoms with van der Waals surface area (Å²) in [6, 6.07) is 0. The van der Waals surface area contributed by atoms with E-state index in [9.17, 15) is 4.79 Å². The van der Waals surface area contributed by atoms with Gasteiger partial charge in [-0.1, -0.05) is 174 Å². The maximum Gasteiger partial charge on any atom is 0.306 e. The van der Waals surface area contributed by atoms with E-state index in [4.69, 9.17) is 9.84 Å². The molecule has 0 saturated carbocycles. The van der Waals surface area contributed by atoms with Crippen molar-refractivity contribution in [1.82, 2.24) is 0 Å². The van der Waals surface area contributed by atoms with Crippen molar-refractivity contribution in [3.05, 3.63) is 0 Å². The van der Waals surface area contributed by atoms with E-state index in [1.807, 2.05) is 13.8 Å². The summed E-state index contributed by atoms with van der Waals surface area (Å²) in [5, 5.41) is 8.67. The highest BCUT2D eigenvalue weighted by molar-refractivity contribution is 5.69. The first kappa shape index (κ1) is 39.6. The Balaban J connectivity index is 0. The molecular weight excluding hydrogens is 468 g/mol. The summed E-state index contributed by atoms with van der Waals surface area (Å²) < 4.78 is 5.10. The normalized spacial score (nSPS) is 11.0. The van der Waals surface area contributed by atoms with E-state index in [-0.39, 0.29) is 12.1 Å². The summed E-state index contributed by atoms with van der Waals surface area (Å²) in [5.74, 6) is -0.0362. The van der Waals surface area contributed by atoms with Crippen molar-refractivity contribution < 1.29 is 14.6 Å². The highest BCUT2D eigenvalue weighted by Crippen LogP contribution is 2.14. The average molecular weight is 541 g/mol. The molecular formula is C35H72O3. The van der Waals surface area contributed by atoms with Crippen LogP contribution in [0.5, 0.6) is 0 Å². The van der Waals surface area contributed by atoms with Crippen LogP contribution in [0.3, 0.4) is 0 Å². The molecule has 0 bridgehead atoms. The molecule has 0 aliphatic rings. The minimum atomic E-state index is -0.0362. The number of carbonyl (C=O) groups is 1. The Morgan fingerprint density at radius 2 is 0.737 bits per heavy atom. The molecule has 0 rings (SSSR count). The van der Waals surface area contributed by atoms with Crippen LogP contribution >= 0.6 is 0 Å². The molecule has 0 atom stereocenters. The summed E-state index contributed by atoms with van der Waals surface area (Å²) >= 11 is 0. The van der Waals surface area contributed by atoms with E-state index in [1.54, 1.807) is 0 Å². The molecule has 0 heterocycles. The number of unbranched alkanes of at least 4 members (excludes halogenated alkanes) is 25. The third-order valence-corrected chi connectivity index (χ3v) is 7.36. The fraction of sp³-hybridized carbons (Fsp3) is 0.971. The number of esters is 1. The molecule has 0 radical (unpaired) electrons. The lowest BCUT2D eigenvalue weighted by molar-refractivity contribution is -0.147. The maximum atomic E-state index is 11.3. The zero-order valence-electron chi connectivity index (χ0n) is 26.8. The average Bonchev–Trinajstić information content (AvgIpc) is 2.89. The molecule has 0 aromatic heterocycles. The Hall–Kier alpha value is -0.570. The Bertz CT molecular complexity index is 405. The summed E-state index contributed by atoms with van der Waals surface area (Å²) in [7, 11) is 0. The topological polar surface area (TPSA) is 46.5 Å². The van der Waals surface area contributed by atoms with Crippen molar-refractivity contribution in [3.63, 3.8) is 0 Å². The molecule has 0 saturated heterocycles. The van der Waals surface area contributed by atoms with E-state index in [0.717, 1.165) is 12.8 Å². The third-order valence-electron chi connectivity index (χ3n) is 7.36. The monoisotopic (exact) mass is 541 g/mol.